The van der Waals surface area contributed by atoms with Gasteiger partial charge in [0.1, 0.15) is 5.82 Å². The van der Waals surface area contributed by atoms with Gasteiger partial charge in [-0.15, -0.1) is 0 Å². The number of halogens is 1. The number of amides is 2. The average Bonchev–Trinajstić information content (AvgIpc) is 2.74. The standard InChI is InChI=1S/C23H21FN2O2/c24-20-14-8-7-13-19(20)16-25-22(27)15-21(17-9-3-1-4-10-17)26-23(28)18-11-5-2-6-12-18/h1-14,21H,15-16H2,(H,25,27)(H,26,28). The Kier molecular flexibility index (Phi) is 6.52. The summed E-state index contributed by atoms with van der Waals surface area (Å²) in [6.45, 7) is 0.0969. The first kappa shape index (κ1) is 19.3. The van der Waals surface area contributed by atoms with Gasteiger partial charge in [0.15, 0.2) is 0 Å². The average molecular weight is 376 g/mol. The molecule has 0 fully saturated rings. The second-order valence-corrected chi connectivity index (χ2v) is 6.38. The molecule has 2 amide bonds. The zero-order valence-electron chi connectivity index (χ0n) is 15.3. The van der Waals surface area contributed by atoms with E-state index in [9.17, 15) is 14.0 Å². The van der Waals surface area contributed by atoms with E-state index in [1.165, 1.54) is 6.07 Å². The molecule has 3 rings (SSSR count). The molecule has 142 valence electrons. The van der Waals surface area contributed by atoms with Crippen LogP contribution in [0.15, 0.2) is 84.9 Å². The second-order valence-electron chi connectivity index (χ2n) is 6.38. The van der Waals surface area contributed by atoms with Gasteiger partial charge >= 0.3 is 0 Å². The maximum Gasteiger partial charge on any atom is 0.251 e. The Labute approximate surface area is 163 Å². The van der Waals surface area contributed by atoms with Gasteiger partial charge in [0.25, 0.3) is 5.91 Å². The van der Waals surface area contributed by atoms with Crippen LogP contribution in [0.1, 0.15) is 33.9 Å². The van der Waals surface area contributed by atoms with Gasteiger partial charge in [0.2, 0.25) is 5.91 Å². The van der Waals surface area contributed by atoms with E-state index in [0.717, 1.165) is 5.56 Å². The van der Waals surface area contributed by atoms with Crippen LogP contribution in [0.2, 0.25) is 0 Å². The van der Waals surface area contributed by atoms with Crippen LogP contribution in [-0.4, -0.2) is 11.8 Å². The quantitative estimate of drug-likeness (QED) is 0.655. The molecule has 1 atom stereocenters. The molecule has 0 spiro atoms. The van der Waals surface area contributed by atoms with Crippen LogP contribution in [0.4, 0.5) is 4.39 Å². The van der Waals surface area contributed by atoms with Crippen molar-refractivity contribution in [3.05, 3.63) is 107 Å². The van der Waals surface area contributed by atoms with E-state index in [4.69, 9.17) is 0 Å². The van der Waals surface area contributed by atoms with E-state index in [1.54, 1.807) is 42.5 Å². The van der Waals surface area contributed by atoms with Crippen molar-refractivity contribution in [2.24, 2.45) is 0 Å². The molecule has 1 unspecified atom stereocenters. The Morgan fingerprint density at radius 2 is 1.43 bits per heavy atom. The number of nitrogens with one attached hydrogen (secondary N) is 2. The van der Waals surface area contributed by atoms with Crippen molar-refractivity contribution >= 4 is 11.8 Å². The van der Waals surface area contributed by atoms with Crippen LogP contribution in [0.3, 0.4) is 0 Å². The molecule has 0 saturated carbocycles. The predicted octanol–water partition coefficient (Wildman–Crippen LogP) is 4.00. The largest absolute Gasteiger partial charge is 0.352 e. The predicted molar refractivity (Wildman–Crippen MR) is 106 cm³/mol. The van der Waals surface area contributed by atoms with Crippen LogP contribution < -0.4 is 10.6 Å². The second kappa shape index (κ2) is 9.46. The van der Waals surface area contributed by atoms with E-state index in [0.29, 0.717) is 11.1 Å². The van der Waals surface area contributed by atoms with Crippen LogP contribution in [-0.2, 0) is 11.3 Å². The van der Waals surface area contributed by atoms with E-state index in [-0.39, 0.29) is 30.6 Å². The Bertz CT molecular complexity index is 930. The number of benzene rings is 3. The molecule has 0 saturated heterocycles. The van der Waals surface area contributed by atoms with E-state index in [2.05, 4.69) is 10.6 Å². The van der Waals surface area contributed by atoms with Crippen molar-refractivity contribution in [2.75, 3.05) is 0 Å². The Morgan fingerprint density at radius 1 is 0.821 bits per heavy atom. The minimum atomic E-state index is -0.491. The fraction of sp³-hybridized carbons (Fsp3) is 0.130. The topological polar surface area (TPSA) is 58.2 Å². The van der Waals surface area contributed by atoms with Crippen LogP contribution in [0, 0.1) is 5.82 Å². The summed E-state index contributed by atoms with van der Waals surface area (Å²) in [7, 11) is 0. The fourth-order valence-corrected chi connectivity index (χ4v) is 2.86. The normalized spacial score (nSPS) is 11.5. The molecule has 4 nitrogen and oxygen atoms in total. The van der Waals surface area contributed by atoms with Crippen molar-refractivity contribution in [2.45, 2.75) is 19.0 Å². The molecular formula is C23H21FN2O2. The molecule has 3 aromatic carbocycles. The summed E-state index contributed by atoms with van der Waals surface area (Å²) < 4.78 is 13.7. The molecular weight excluding hydrogens is 355 g/mol. The number of carbonyl (C=O) groups excluding carboxylic acids is 2. The summed E-state index contributed by atoms with van der Waals surface area (Å²) in [6.07, 6.45) is 0.0526. The number of hydrogen-bond acceptors (Lipinski definition) is 2. The van der Waals surface area contributed by atoms with Gasteiger partial charge in [-0.25, -0.2) is 4.39 Å². The first-order valence-electron chi connectivity index (χ1n) is 9.04. The summed E-state index contributed by atoms with van der Waals surface area (Å²) in [5.74, 6) is -0.887. The molecule has 28 heavy (non-hydrogen) atoms. The molecule has 0 aromatic heterocycles. The molecule has 0 aliphatic rings. The zero-order chi connectivity index (χ0) is 19.8. The highest BCUT2D eigenvalue weighted by molar-refractivity contribution is 5.94. The summed E-state index contributed by atoms with van der Waals surface area (Å²) in [6, 6.07) is 24.0. The van der Waals surface area contributed by atoms with Crippen LogP contribution in [0.25, 0.3) is 0 Å². The Balaban J connectivity index is 1.68. The van der Waals surface area contributed by atoms with Gasteiger partial charge in [-0.05, 0) is 23.8 Å². The molecule has 3 aromatic rings. The van der Waals surface area contributed by atoms with Gasteiger partial charge in [-0.3, -0.25) is 9.59 Å². The van der Waals surface area contributed by atoms with E-state index < -0.39 is 6.04 Å². The van der Waals surface area contributed by atoms with Crippen LogP contribution >= 0.6 is 0 Å². The van der Waals surface area contributed by atoms with Crippen molar-refractivity contribution in [1.29, 1.82) is 0 Å². The lowest BCUT2D eigenvalue weighted by Crippen LogP contribution is -2.33. The first-order chi connectivity index (χ1) is 13.6. The minimum Gasteiger partial charge on any atom is -0.352 e. The highest BCUT2D eigenvalue weighted by Crippen LogP contribution is 2.18. The van der Waals surface area contributed by atoms with Gasteiger partial charge in [0.05, 0.1) is 12.5 Å². The third-order valence-electron chi connectivity index (χ3n) is 4.37. The first-order valence-corrected chi connectivity index (χ1v) is 9.04. The maximum atomic E-state index is 13.7. The van der Waals surface area contributed by atoms with Gasteiger partial charge in [-0.1, -0.05) is 66.7 Å². The maximum absolute atomic E-state index is 13.7. The summed E-state index contributed by atoms with van der Waals surface area (Å²) in [4.78, 5) is 25.0. The number of rotatable bonds is 7. The lowest BCUT2D eigenvalue weighted by molar-refractivity contribution is -0.121. The molecule has 2 N–H and O–H groups in total. The number of hydrogen-bond donors (Lipinski definition) is 2. The molecule has 0 heterocycles. The smallest absolute Gasteiger partial charge is 0.251 e. The van der Waals surface area contributed by atoms with E-state index >= 15 is 0 Å². The fourth-order valence-electron chi connectivity index (χ4n) is 2.86. The van der Waals surface area contributed by atoms with Gasteiger partial charge in [-0.2, -0.15) is 0 Å². The third-order valence-corrected chi connectivity index (χ3v) is 4.37. The third kappa shape index (κ3) is 5.27. The van der Waals surface area contributed by atoms with Gasteiger partial charge < -0.3 is 10.6 Å². The molecule has 0 aliphatic heterocycles. The molecule has 0 bridgehead atoms. The monoisotopic (exact) mass is 376 g/mol. The van der Waals surface area contributed by atoms with Crippen molar-refractivity contribution < 1.29 is 14.0 Å². The van der Waals surface area contributed by atoms with E-state index in [1.807, 2.05) is 36.4 Å². The summed E-state index contributed by atoms with van der Waals surface area (Å²) in [5, 5.41) is 5.64. The number of carbonyl (C=O) groups is 2. The SMILES string of the molecule is O=C(CC(NC(=O)c1ccccc1)c1ccccc1)NCc1ccccc1F. The molecule has 0 aliphatic carbocycles. The molecule has 0 radical (unpaired) electrons. The summed E-state index contributed by atoms with van der Waals surface area (Å²) in [5.41, 5.74) is 1.77. The van der Waals surface area contributed by atoms with Crippen molar-refractivity contribution in [3.8, 4) is 0 Å². The Morgan fingerprint density at radius 3 is 2.11 bits per heavy atom. The lowest BCUT2D eigenvalue weighted by atomic mass is 10.0. The Hall–Kier alpha value is -3.47. The highest BCUT2D eigenvalue weighted by atomic mass is 19.1. The zero-order valence-corrected chi connectivity index (χ0v) is 15.3. The lowest BCUT2D eigenvalue weighted by Gasteiger charge is -2.19. The van der Waals surface area contributed by atoms with Gasteiger partial charge in [0, 0.05) is 17.7 Å². The molecule has 5 heteroatoms. The highest BCUT2D eigenvalue weighted by Gasteiger charge is 2.19. The van der Waals surface area contributed by atoms with Crippen molar-refractivity contribution in [1.82, 2.24) is 10.6 Å². The van der Waals surface area contributed by atoms with Crippen molar-refractivity contribution in [3.63, 3.8) is 0 Å². The minimum absolute atomic E-state index is 0.0526. The summed E-state index contributed by atoms with van der Waals surface area (Å²) >= 11 is 0. The van der Waals surface area contributed by atoms with Crippen LogP contribution in [0.5, 0.6) is 0 Å².